The van der Waals surface area contributed by atoms with E-state index in [2.05, 4.69) is 37.9 Å². The maximum absolute atomic E-state index is 5.98. The third-order valence-corrected chi connectivity index (χ3v) is 3.13. The highest BCUT2D eigenvalue weighted by atomic mass is 127. The molecule has 6 heteroatoms. The Balaban J connectivity index is 2.32. The molecule has 0 amide bonds. The number of nitrogens with zero attached hydrogens (tertiary/aromatic N) is 2. The number of nitrogens with one attached hydrogen (secondary N) is 1. The fourth-order valence-corrected chi connectivity index (χ4v) is 1.80. The predicted octanol–water partition coefficient (Wildman–Crippen LogP) is 3.57. The summed E-state index contributed by atoms with van der Waals surface area (Å²) in [5.74, 6) is 1.53. The van der Waals surface area contributed by atoms with Gasteiger partial charge in [0, 0.05) is 7.05 Å². The average Bonchev–Trinajstić information content (AvgIpc) is 2.35. The third kappa shape index (κ3) is 2.98. The van der Waals surface area contributed by atoms with Crippen LogP contribution in [0.3, 0.4) is 0 Å². The van der Waals surface area contributed by atoms with Crippen LogP contribution in [0.15, 0.2) is 30.5 Å². The minimum Gasteiger partial charge on any atom is -0.436 e. The molecule has 0 aliphatic heterocycles. The summed E-state index contributed by atoms with van der Waals surface area (Å²) in [7, 11) is 1.74. The molecule has 0 radical (unpaired) electrons. The van der Waals surface area contributed by atoms with Crippen LogP contribution in [0.4, 0.5) is 5.95 Å². The van der Waals surface area contributed by atoms with Gasteiger partial charge in [0.15, 0.2) is 0 Å². The molecule has 0 aliphatic carbocycles. The molecule has 0 spiro atoms. The number of anilines is 1. The van der Waals surface area contributed by atoms with Crippen molar-refractivity contribution in [3.05, 3.63) is 39.1 Å². The van der Waals surface area contributed by atoms with Gasteiger partial charge in [-0.15, -0.1) is 0 Å². The minimum atomic E-state index is 0.343. The summed E-state index contributed by atoms with van der Waals surface area (Å²) in [5, 5.41) is 3.21. The van der Waals surface area contributed by atoms with Gasteiger partial charge in [0.1, 0.15) is 10.8 Å². The van der Waals surface area contributed by atoms with Gasteiger partial charge in [-0.2, -0.15) is 4.98 Å². The van der Waals surface area contributed by atoms with Crippen LogP contribution >= 0.6 is 34.2 Å². The Morgan fingerprint density at radius 2 is 2.12 bits per heavy atom. The van der Waals surface area contributed by atoms with Crippen LogP contribution in [0.2, 0.25) is 5.02 Å². The predicted molar refractivity (Wildman–Crippen MR) is 75.8 cm³/mol. The van der Waals surface area contributed by atoms with Crippen molar-refractivity contribution in [1.29, 1.82) is 0 Å². The van der Waals surface area contributed by atoms with E-state index in [-0.39, 0.29) is 0 Å². The molecule has 4 nitrogen and oxygen atoms in total. The van der Waals surface area contributed by atoms with Gasteiger partial charge in [-0.25, -0.2) is 4.98 Å². The average molecular weight is 362 g/mol. The van der Waals surface area contributed by atoms with Crippen LogP contribution in [-0.4, -0.2) is 17.0 Å². The largest absolute Gasteiger partial charge is 0.436 e. The molecule has 1 aromatic heterocycles. The molecule has 0 saturated heterocycles. The Hall–Kier alpha value is -1.08. The molecular weight excluding hydrogens is 352 g/mol. The van der Waals surface area contributed by atoms with E-state index in [1.807, 2.05) is 24.3 Å². The minimum absolute atomic E-state index is 0.343. The van der Waals surface area contributed by atoms with Crippen molar-refractivity contribution in [1.82, 2.24) is 9.97 Å². The first-order valence-electron chi connectivity index (χ1n) is 4.83. The maximum Gasteiger partial charge on any atom is 0.243 e. The molecule has 88 valence electrons. The van der Waals surface area contributed by atoms with Crippen LogP contribution < -0.4 is 10.1 Å². The van der Waals surface area contributed by atoms with E-state index in [0.29, 0.717) is 16.9 Å². The van der Waals surface area contributed by atoms with Gasteiger partial charge in [-0.05, 0) is 34.7 Å². The van der Waals surface area contributed by atoms with Gasteiger partial charge in [0.05, 0.1) is 9.77 Å². The van der Waals surface area contributed by atoms with Crippen LogP contribution in [0.5, 0.6) is 11.6 Å². The smallest absolute Gasteiger partial charge is 0.243 e. The standard InChI is InChI=1S/C11H9ClIN3O/c1-14-11-15-6-7(12)10(16-11)17-9-5-3-2-4-8(9)13/h2-6H,1H3,(H,14,15,16). The normalized spacial score (nSPS) is 10.1. The highest BCUT2D eigenvalue weighted by Crippen LogP contribution is 2.30. The number of benzene rings is 1. The molecule has 1 N–H and O–H groups in total. The van der Waals surface area contributed by atoms with Crippen LogP contribution in [0.1, 0.15) is 0 Å². The van der Waals surface area contributed by atoms with E-state index in [9.17, 15) is 0 Å². The van der Waals surface area contributed by atoms with Gasteiger partial charge < -0.3 is 10.1 Å². The number of ether oxygens (including phenoxy) is 1. The van der Waals surface area contributed by atoms with Crippen molar-refractivity contribution >= 4 is 40.1 Å². The fraction of sp³-hybridized carbons (Fsp3) is 0.0909. The van der Waals surface area contributed by atoms with Crippen molar-refractivity contribution in [2.24, 2.45) is 0 Å². The highest BCUT2D eigenvalue weighted by molar-refractivity contribution is 14.1. The number of halogens is 2. The number of hydrogen-bond donors (Lipinski definition) is 1. The lowest BCUT2D eigenvalue weighted by Crippen LogP contribution is -1.98. The number of hydrogen-bond acceptors (Lipinski definition) is 4. The number of rotatable bonds is 3. The molecule has 17 heavy (non-hydrogen) atoms. The van der Waals surface area contributed by atoms with E-state index in [1.165, 1.54) is 6.20 Å². The lowest BCUT2D eigenvalue weighted by Gasteiger charge is -2.08. The van der Waals surface area contributed by atoms with Crippen molar-refractivity contribution in [3.63, 3.8) is 0 Å². The lowest BCUT2D eigenvalue weighted by molar-refractivity contribution is 0.459. The summed E-state index contributed by atoms with van der Waals surface area (Å²) >= 11 is 8.16. The number of aromatic nitrogens is 2. The lowest BCUT2D eigenvalue weighted by atomic mass is 10.3. The van der Waals surface area contributed by atoms with Crippen LogP contribution in [-0.2, 0) is 0 Å². The molecule has 0 atom stereocenters. The van der Waals surface area contributed by atoms with Crippen molar-refractivity contribution in [2.45, 2.75) is 0 Å². The Kier molecular flexibility index (Phi) is 4.01. The quantitative estimate of drug-likeness (QED) is 0.849. The van der Waals surface area contributed by atoms with Crippen molar-refractivity contribution < 1.29 is 4.74 Å². The molecule has 0 unspecified atom stereocenters. The van der Waals surface area contributed by atoms with Crippen LogP contribution in [0.25, 0.3) is 0 Å². The van der Waals surface area contributed by atoms with E-state index >= 15 is 0 Å². The topological polar surface area (TPSA) is 47.0 Å². The first-order chi connectivity index (χ1) is 8.20. The summed E-state index contributed by atoms with van der Waals surface area (Å²) < 4.78 is 6.64. The van der Waals surface area contributed by atoms with E-state index in [4.69, 9.17) is 16.3 Å². The second-order valence-corrected chi connectivity index (χ2v) is 4.70. The zero-order chi connectivity index (χ0) is 12.3. The SMILES string of the molecule is CNc1ncc(Cl)c(Oc2ccccc2I)n1. The van der Waals surface area contributed by atoms with Gasteiger partial charge in [0.25, 0.3) is 0 Å². The monoisotopic (exact) mass is 361 g/mol. The third-order valence-electron chi connectivity index (χ3n) is 1.98. The second-order valence-electron chi connectivity index (χ2n) is 3.13. The number of para-hydroxylation sites is 1. The summed E-state index contributed by atoms with van der Waals surface area (Å²) in [5.41, 5.74) is 0. The molecule has 1 heterocycles. The Bertz CT molecular complexity index is 536. The molecule has 2 aromatic rings. The van der Waals surface area contributed by atoms with Crippen molar-refractivity contribution in [3.8, 4) is 11.6 Å². The zero-order valence-corrected chi connectivity index (χ0v) is 11.9. The molecule has 0 bridgehead atoms. The Labute approximate surface area is 118 Å². The first kappa shape index (κ1) is 12.4. The zero-order valence-electron chi connectivity index (χ0n) is 8.95. The maximum atomic E-state index is 5.98. The molecule has 1 aromatic carbocycles. The van der Waals surface area contributed by atoms with E-state index in [0.717, 1.165) is 9.32 Å². The summed E-state index contributed by atoms with van der Waals surface area (Å²) in [6.45, 7) is 0. The Morgan fingerprint density at radius 1 is 1.35 bits per heavy atom. The molecule has 0 saturated carbocycles. The summed E-state index contributed by atoms with van der Waals surface area (Å²) in [6.07, 6.45) is 1.51. The van der Waals surface area contributed by atoms with Gasteiger partial charge in [-0.3, -0.25) is 0 Å². The summed E-state index contributed by atoms with van der Waals surface area (Å²) in [4.78, 5) is 8.13. The molecule has 0 aliphatic rings. The van der Waals surface area contributed by atoms with E-state index < -0.39 is 0 Å². The van der Waals surface area contributed by atoms with Gasteiger partial charge in [0.2, 0.25) is 11.8 Å². The fourth-order valence-electron chi connectivity index (χ4n) is 1.18. The van der Waals surface area contributed by atoms with Crippen LogP contribution in [0, 0.1) is 3.57 Å². The Morgan fingerprint density at radius 3 is 2.82 bits per heavy atom. The summed E-state index contributed by atoms with van der Waals surface area (Å²) in [6, 6.07) is 7.64. The first-order valence-corrected chi connectivity index (χ1v) is 6.29. The molecule has 0 fully saturated rings. The molecular formula is C11H9ClIN3O. The molecule has 2 rings (SSSR count). The highest BCUT2D eigenvalue weighted by Gasteiger charge is 2.08. The van der Waals surface area contributed by atoms with Crippen molar-refractivity contribution in [2.75, 3.05) is 12.4 Å². The second kappa shape index (κ2) is 5.50. The van der Waals surface area contributed by atoms with Gasteiger partial charge >= 0.3 is 0 Å². The van der Waals surface area contributed by atoms with E-state index in [1.54, 1.807) is 7.05 Å². The van der Waals surface area contributed by atoms with Gasteiger partial charge in [-0.1, -0.05) is 23.7 Å².